The second-order valence-electron chi connectivity index (χ2n) is 7.00. The van der Waals surface area contributed by atoms with Crippen molar-refractivity contribution in [3.63, 3.8) is 0 Å². The average molecular weight is 416 g/mol. The first-order valence-corrected chi connectivity index (χ1v) is 9.79. The molecule has 1 N–H and O–H groups in total. The van der Waals surface area contributed by atoms with Gasteiger partial charge in [0.05, 0.1) is 6.54 Å². The standard InChI is InChI=1S/C22H23ClFN3O2/c1-16-2-3-17(14-20(16)23)4-9-22(29)27-12-10-26(11-13-27)15-21(28)25-19-7-5-18(24)6-8-19/h2-9,14H,10-13,15H2,1H3,(H,25,28)/b9-4+. The van der Waals surface area contributed by atoms with Crippen LogP contribution in [0.15, 0.2) is 48.5 Å². The van der Waals surface area contributed by atoms with E-state index in [1.807, 2.05) is 30.0 Å². The lowest BCUT2D eigenvalue weighted by molar-refractivity contribution is -0.127. The first-order chi connectivity index (χ1) is 13.9. The molecule has 0 unspecified atom stereocenters. The highest BCUT2D eigenvalue weighted by Crippen LogP contribution is 2.17. The van der Waals surface area contributed by atoms with Gasteiger partial charge in [-0.25, -0.2) is 4.39 Å². The minimum atomic E-state index is -0.344. The number of amides is 2. The van der Waals surface area contributed by atoms with Crippen LogP contribution in [0.4, 0.5) is 10.1 Å². The summed E-state index contributed by atoms with van der Waals surface area (Å²) < 4.78 is 12.9. The number of hydrogen-bond donors (Lipinski definition) is 1. The highest BCUT2D eigenvalue weighted by molar-refractivity contribution is 6.31. The maximum Gasteiger partial charge on any atom is 0.246 e. The molecular weight excluding hydrogens is 393 g/mol. The predicted octanol–water partition coefficient (Wildman–Crippen LogP) is 3.58. The van der Waals surface area contributed by atoms with Gasteiger partial charge in [-0.2, -0.15) is 0 Å². The van der Waals surface area contributed by atoms with Crippen LogP contribution < -0.4 is 5.32 Å². The van der Waals surface area contributed by atoms with Gasteiger partial charge in [0.25, 0.3) is 0 Å². The van der Waals surface area contributed by atoms with E-state index in [1.165, 1.54) is 24.3 Å². The molecule has 0 bridgehead atoms. The smallest absolute Gasteiger partial charge is 0.246 e. The van der Waals surface area contributed by atoms with Gasteiger partial charge in [-0.15, -0.1) is 0 Å². The first kappa shape index (κ1) is 21.0. The van der Waals surface area contributed by atoms with Gasteiger partial charge < -0.3 is 10.2 Å². The van der Waals surface area contributed by atoms with Crippen molar-refractivity contribution >= 4 is 35.2 Å². The predicted molar refractivity (Wildman–Crippen MR) is 113 cm³/mol. The van der Waals surface area contributed by atoms with E-state index in [0.717, 1.165) is 11.1 Å². The summed E-state index contributed by atoms with van der Waals surface area (Å²) in [4.78, 5) is 28.3. The largest absolute Gasteiger partial charge is 0.337 e. The van der Waals surface area contributed by atoms with E-state index >= 15 is 0 Å². The molecule has 0 aliphatic carbocycles. The Morgan fingerprint density at radius 3 is 2.45 bits per heavy atom. The summed E-state index contributed by atoms with van der Waals surface area (Å²) in [5, 5.41) is 3.42. The molecular formula is C22H23ClFN3O2. The molecule has 1 heterocycles. The number of carbonyl (C=O) groups is 2. The van der Waals surface area contributed by atoms with Gasteiger partial charge in [0, 0.05) is 43.0 Å². The molecule has 0 radical (unpaired) electrons. The number of aryl methyl sites for hydroxylation is 1. The number of anilines is 1. The molecule has 5 nitrogen and oxygen atoms in total. The van der Waals surface area contributed by atoms with Crippen LogP contribution in [-0.4, -0.2) is 54.3 Å². The number of nitrogens with zero attached hydrogens (tertiary/aromatic N) is 2. The number of hydrogen-bond acceptors (Lipinski definition) is 3. The Balaban J connectivity index is 1.45. The minimum absolute atomic E-state index is 0.0582. The first-order valence-electron chi connectivity index (χ1n) is 9.41. The van der Waals surface area contributed by atoms with E-state index in [-0.39, 0.29) is 24.2 Å². The molecule has 0 saturated carbocycles. The molecule has 0 atom stereocenters. The van der Waals surface area contributed by atoms with Crippen LogP contribution in [0, 0.1) is 12.7 Å². The van der Waals surface area contributed by atoms with Crippen LogP contribution >= 0.6 is 11.6 Å². The molecule has 2 amide bonds. The Bertz CT molecular complexity index is 907. The molecule has 0 spiro atoms. The van der Waals surface area contributed by atoms with Crippen molar-refractivity contribution in [3.05, 3.63) is 70.5 Å². The Kier molecular flexibility index (Phi) is 7.01. The van der Waals surface area contributed by atoms with Crippen LogP contribution in [0.1, 0.15) is 11.1 Å². The Morgan fingerprint density at radius 1 is 1.10 bits per heavy atom. The van der Waals surface area contributed by atoms with Gasteiger partial charge >= 0.3 is 0 Å². The maximum atomic E-state index is 12.9. The molecule has 1 aliphatic rings. The van der Waals surface area contributed by atoms with E-state index in [9.17, 15) is 14.0 Å². The summed E-state index contributed by atoms with van der Waals surface area (Å²) in [5.41, 5.74) is 2.44. The third-order valence-corrected chi connectivity index (χ3v) is 5.20. The van der Waals surface area contributed by atoms with Crippen LogP contribution in [0.2, 0.25) is 5.02 Å². The van der Waals surface area contributed by atoms with Gasteiger partial charge in [-0.1, -0.05) is 23.7 Å². The third kappa shape index (κ3) is 6.14. The molecule has 0 aromatic heterocycles. The van der Waals surface area contributed by atoms with Gasteiger partial charge in [0.2, 0.25) is 11.8 Å². The van der Waals surface area contributed by atoms with Crippen molar-refractivity contribution < 1.29 is 14.0 Å². The highest BCUT2D eigenvalue weighted by atomic mass is 35.5. The maximum absolute atomic E-state index is 12.9. The van der Waals surface area contributed by atoms with Gasteiger partial charge in [0.15, 0.2) is 0 Å². The molecule has 1 aliphatic heterocycles. The summed E-state index contributed by atoms with van der Waals surface area (Å²) in [6.07, 6.45) is 3.31. The summed E-state index contributed by atoms with van der Waals surface area (Å²) in [5.74, 6) is -0.562. The van der Waals surface area contributed by atoms with Crippen LogP contribution in [-0.2, 0) is 9.59 Å². The Hall–Kier alpha value is -2.70. The summed E-state index contributed by atoms with van der Waals surface area (Å²) in [7, 11) is 0. The fraction of sp³-hybridized carbons (Fsp3) is 0.273. The molecule has 1 saturated heterocycles. The number of benzene rings is 2. The van der Waals surface area contributed by atoms with Crippen molar-refractivity contribution in [2.75, 3.05) is 38.0 Å². The fourth-order valence-corrected chi connectivity index (χ4v) is 3.24. The van der Waals surface area contributed by atoms with Crippen molar-refractivity contribution in [1.29, 1.82) is 0 Å². The van der Waals surface area contributed by atoms with Crippen molar-refractivity contribution in [3.8, 4) is 0 Å². The zero-order valence-corrected chi connectivity index (χ0v) is 17.0. The Morgan fingerprint density at radius 2 is 1.79 bits per heavy atom. The van der Waals surface area contributed by atoms with E-state index in [1.54, 1.807) is 17.1 Å². The zero-order chi connectivity index (χ0) is 20.8. The van der Waals surface area contributed by atoms with Crippen LogP contribution in [0.5, 0.6) is 0 Å². The average Bonchev–Trinajstić information content (AvgIpc) is 2.71. The lowest BCUT2D eigenvalue weighted by Crippen LogP contribution is -2.50. The minimum Gasteiger partial charge on any atom is -0.337 e. The number of piperazine rings is 1. The SMILES string of the molecule is Cc1ccc(/C=C/C(=O)N2CCN(CC(=O)Nc3ccc(F)cc3)CC2)cc1Cl. The lowest BCUT2D eigenvalue weighted by Gasteiger charge is -2.33. The number of halogens is 2. The van der Waals surface area contributed by atoms with Crippen molar-refractivity contribution in [1.82, 2.24) is 9.80 Å². The molecule has 1 fully saturated rings. The summed E-state index contributed by atoms with van der Waals surface area (Å²) >= 11 is 6.11. The van der Waals surface area contributed by atoms with Crippen molar-refractivity contribution in [2.24, 2.45) is 0 Å². The van der Waals surface area contributed by atoms with E-state index in [0.29, 0.717) is 36.9 Å². The second kappa shape index (κ2) is 9.67. The molecule has 152 valence electrons. The van der Waals surface area contributed by atoms with Crippen molar-refractivity contribution in [2.45, 2.75) is 6.92 Å². The highest BCUT2D eigenvalue weighted by Gasteiger charge is 2.21. The molecule has 7 heteroatoms. The Labute approximate surface area is 174 Å². The van der Waals surface area contributed by atoms with Crippen LogP contribution in [0.3, 0.4) is 0 Å². The molecule has 3 rings (SSSR count). The van der Waals surface area contributed by atoms with E-state index < -0.39 is 0 Å². The number of carbonyl (C=O) groups excluding carboxylic acids is 2. The van der Waals surface area contributed by atoms with Gasteiger partial charge in [0.1, 0.15) is 5.82 Å². The molecule has 29 heavy (non-hydrogen) atoms. The van der Waals surface area contributed by atoms with E-state index in [4.69, 9.17) is 11.6 Å². The second-order valence-corrected chi connectivity index (χ2v) is 7.41. The third-order valence-electron chi connectivity index (χ3n) is 4.79. The quantitative estimate of drug-likeness (QED) is 0.759. The van der Waals surface area contributed by atoms with E-state index in [2.05, 4.69) is 5.32 Å². The monoisotopic (exact) mass is 415 g/mol. The summed E-state index contributed by atoms with van der Waals surface area (Å²) in [6.45, 7) is 4.51. The molecule has 2 aromatic carbocycles. The molecule has 2 aromatic rings. The topological polar surface area (TPSA) is 52.7 Å². The number of nitrogens with one attached hydrogen (secondary N) is 1. The number of rotatable bonds is 5. The fourth-order valence-electron chi connectivity index (χ4n) is 3.05. The lowest BCUT2D eigenvalue weighted by atomic mass is 10.1. The zero-order valence-electron chi connectivity index (χ0n) is 16.2. The van der Waals surface area contributed by atoms with Gasteiger partial charge in [-0.3, -0.25) is 14.5 Å². The van der Waals surface area contributed by atoms with Crippen LogP contribution in [0.25, 0.3) is 6.08 Å². The summed E-state index contributed by atoms with van der Waals surface area (Å²) in [6, 6.07) is 11.3. The van der Waals surface area contributed by atoms with Gasteiger partial charge in [-0.05, 0) is 54.5 Å². The normalized spacial score (nSPS) is 14.9.